The van der Waals surface area contributed by atoms with Crippen LogP contribution in [0.3, 0.4) is 0 Å². The van der Waals surface area contributed by atoms with Crippen LogP contribution in [-0.2, 0) is 16.1 Å². The number of nitrogens with zero attached hydrogens (tertiary/aromatic N) is 1. The molecule has 2 rings (SSSR count). The third-order valence-corrected chi connectivity index (χ3v) is 4.42. The minimum Gasteiger partial charge on any atom is -0.481 e. The molecule has 2 N–H and O–H groups in total. The van der Waals surface area contributed by atoms with Crippen LogP contribution < -0.4 is 5.32 Å². The summed E-state index contributed by atoms with van der Waals surface area (Å²) in [6.07, 6.45) is 0. The van der Waals surface area contributed by atoms with Crippen LogP contribution in [0.2, 0.25) is 0 Å². The smallest absolute Gasteiger partial charge is 0.307 e. The maximum atomic E-state index is 11.9. The van der Waals surface area contributed by atoms with Gasteiger partial charge in [0, 0.05) is 11.1 Å². The molecule has 5 nitrogen and oxygen atoms in total. The molecule has 0 aromatic carbocycles. The van der Waals surface area contributed by atoms with E-state index >= 15 is 0 Å². The first kappa shape index (κ1) is 13.0. The van der Waals surface area contributed by atoms with E-state index in [4.69, 9.17) is 5.11 Å². The number of amides is 1. The van der Waals surface area contributed by atoms with Gasteiger partial charge in [-0.05, 0) is 12.3 Å². The Hall–Kier alpha value is -1.43. The van der Waals surface area contributed by atoms with Gasteiger partial charge in [0.25, 0.3) is 0 Å². The molecule has 1 aliphatic carbocycles. The van der Waals surface area contributed by atoms with Crippen molar-refractivity contribution in [3.8, 4) is 0 Å². The molecule has 0 spiro atoms. The molecule has 1 aromatic rings. The average Bonchev–Trinajstić information content (AvgIpc) is 2.63. The molecule has 2 atom stereocenters. The third-order valence-electron chi connectivity index (χ3n) is 3.46. The first-order valence-electron chi connectivity index (χ1n) is 5.75. The van der Waals surface area contributed by atoms with Gasteiger partial charge >= 0.3 is 5.97 Å². The van der Waals surface area contributed by atoms with Crippen molar-refractivity contribution in [3.63, 3.8) is 0 Å². The Bertz CT molecular complexity index is 495. The molecule has 6 heteroatoms. The van der Waals surface area contributed by atoms with Crippen molar-refractivity contribution in [2.45, 2.75) is 27.3 Å². The van der Waals surface area contributed by atoms with Crippen LogP contribution in [0.25, 0.3) is 0 Å². The second kappa shape index (κ2) is 4.35. The van der Waals surface area contributed by atoms with E-state index in [1.165, 1.54) is 11.3 Å². The van der Waals surface area contributed by atoms with Crippen molar-refractivity contribution in [2.24, 2.45) is 17.3 Å². The molecule has 1 heterocycles. The number of hydrogen-bond donors (Lipinski definition) is 2. The van der Waals surface area contributed by atoms with Gasteiger partial charge in [0.1, 0.15) is 5.01 Å². The van der Waals surface area contributed by atoms with Crippen LogP contribution in [0.4, 0.5) is 0 Å². The molecule has 0 saturated heterocycles. The number of carboxylic acids is 1. The van der Waals surface area contributed by atoms with Crippen LogP contribution in [0.5, 0.6) is 0 Å². The number of carbonyl (C=O) groups is 2. The predicted octanol–water partition coefficient (Wildman–Crippen LogP) is 1.42. The Balaban J connectivity index is 1.92. The maximum absolute atomic E-state index is 11.9. The summed E-state index contributed by atoms with van der Waals surface area (Å²) < 4.78 is 0. The number of aromatic nitrogens is 1. The highest BCUT2D eigenvalue weighted by Crippen LogP contribution is 2.58. The number of hydrogen-bond acceptors (Lipinski definition) is 4. The lowest BCUT2D eigenvalue weighted by molar-refractivity contribution is -0.140. The summed E-state index contributed by atoms with van der Waals surface area (Å²) in [4.78, 5) is 27.1. The fraction of sp³-hybridized carbons (Fsp3) is 0.583. The summed E-state index contributed by atoms with van der Waals surface area (Å²) in [7, 11) is 0. The first-order valence-corrected chi connectivity index (χ1v) is 6.63. The van der Waals surface area contributed by atoms with E-state index in [1.807, 2.05) is 26.2 Å². The van der Waals surface area contributed by atoms with Crippen LogP contribution in [0.1, 0.15) is 24.5 Å². The monoisotopic (exact) mass is 268 g/mol. The predicted molar refractivity (Wildman–Crippen MR) is 67.1 cm³/mol. The third kappa shape index (κ3) is 2.25. The Morgan fingerprint density at radius 2 is 2.17 bits per heavy atom. The second-order valence-electron chi connectivity index (χ2n) is 5.22. The molecule has 18 heavy (non-hydrogen) atoms. The molecular weight excluding hydrogens is 252 g/mol. The molecule has 0 bridgehead atoms. The Labute approximate surface area is 109 Å². The summed E-state index contributed by atoms with van der Waals surface area (Å²) in [5.41, 5.74) is 0.480. The lowest BCUT2D eigenvalue weighted by Crippen LogP contribution is -2.26. The topological polar surface area (TPSA) is 79.3 Å². The van der Waals surface area contributed by atoms with Gasteiger partial charge in [-0.15, -0.1) is 11.3 Å². The number of carboxylic acid groups (broad SMARTS) is 1. The van der Waals surface area contributed by atoms with Gasteiger partial charge < -0.3 is 10.4 Å². The normalized spacial score (nSPS) is 24.6. The zero-order chi connectivity index (χ0) is 13.5. The minimum absolute atomic E-state index is 0.194. The molecule has 1 amide bonds. The first-order chi connectivity index (χ1) is 8.34. The Morgan fingerprint density at radius 1 is 1.50 bits per heavy atom. The zero-order valence-electron chi connectivity index (χ0n) is 10.6. The van der Waals surface area contributed by atoms with Gasteiger partial charge in [-0.3, -0.25) is 9.59 Å². The number of aryl methyl sites for hydroxylation is 1. The molecule has 1 aliphatic rings. The van der Waals surface area contributed by atoms with E-state index in [0.717, 1.165) is 10.7 Å². The molecule has 0 aliphatic heterocycles. The maximum Gasteiger partial charge on any atom is 0.307 e. The molecular formula is C12H16N2O3S. The van der Waals surface area contributed by atoms with Gasteiger partial charge in [-0.25, -0.2) is 4.98 Å². The molecule has 98 valence electrons. The lowest BCUT2D eigenvalue weighted by Gasteiger charge is -2.03. The van der Waals surface area contributed by atoms with Gasteiger partial charge in [0.05, 0.1) is 18.4 Å². The molecule has 1 fully saturated rings. The van der Waals surface area contributed by atoms with Crippen LogP contribution in [-0.4, -0.2) is 22.0 Å². The molecule has 0 unspecified atom stereocenters. The van der Waals surface area contributed by atoms with Crippen molar-refractivity contribution in [3.05, 3.63) is 16.1 Å². The van der Waals surface area contributed by atoms with Crippen molar-refractivity contribution < 1.29 is 14.7 Å². The van der Waals surface area contributed by atoms with Gasteiger partial charge in [0.15, 0.2) is 0 Å². The van der Waals surface area contributed by atoms with Crippen molar-refractivity contribution in [1.82, 2.24) is 10.3 Å². The lowest BCUT2D eigenvalue weighted by atomic mass is 10.1. The van der Waals surface area contributed by atoms with E-state index in [-0.39, 0.29) is 5.91 Å². The van der Waals surface area contributed by atoms with E-state index in [0.29, 0.717) is 6.54 Å². The highest BCUT2D eigenvalue weighted by molar-refractivity contribution is 7.09. The highest BCUT2D eigenvalue weighted by atomic mass is 32.1. The fourth-order valence-electron chi connectivity index (χ4n) is 2.34. The summed E-state index contributed by atoms with van der Waals surface area (Å²) in [5.74, 6) is -2.10. The summed E-state index contributed by atoms with van der Waals surface area (Å²) >= 11 is 1.49. The van der Waals surface area contributed by atoms with E-state index in [2.05, 4.69) is 10.3 Å². The van der Waals surface area contributed by atoms with Crippen LogP contribution in [0, 0.1) is 24.2 Å². The fourth-order valence-corrected chi connectivity index (χ4v) is 3.06. The van der Waals surface area contributed by atoms with Crippen LogP contribution in [0.15, 0.2) is 5.38 Å². The summed E-state index contributed by atoms with van der Waals surface area (Å²) in [6, 6.07) is 0. The van der Waals surface area contributed by atoms with E-state index < -0.39 is 23.2 Å². The summed E-state index contributed by atoms with van der Waals surface area (Å²) in [6.45, 7) is 5.88. The van der Waals surface area contributed by atoms with Crippen molar-refractivity contribution in [2.75, 3.05) is 0 Å². The van der Waals surface area contributed by atoms with Gasteiger partial charge in [-0.1, -0.05) is 13.8 Å². The number of nitrogens with one attached hydrogen (secondary N) is 1. The number of aliphatic carboxylic acids is 1. The minimum atomic E-state index is -0.898. The molecule has 1 saturated carbocycles. The van der Waals surface area contributed by atoms with Gasteiger partial charge in [-0.2, -0.15) is 0 Å². The highest BCUT2D eigenvalue weighted by Gasteiger charge is 2.65. The Kier molecular flexibility index (Phi) is 3.14. The Morgan fingerprint density at radius 3 is 2.61 bits per heavy atom. The largest absolute Gasteiger partial charge is 0.481 e. The quantitative estimate of drug-likeness (QED) is 0.865. The standard InChI is InChI=1S/C12H16N2O3S/c1-6-5-18-7(14-6)4-13-10(15)8-9(11(16)17)12(8,2)3/h5,8-9H,4H2,1-3H3,(H,13,15)(H,16,17)/t8-,9+/m1/s1. The molecule has 0 radical (unpaired) electrons. The SMILES string of the molecule is Cc1csc(CNC(=O)[C@H]2[C@@H](C(=O)O)C2(C)C)n1. The van der Waals surface area contributed by atoms with E-state index in [9.17, 15) is 9.59 Å². The average molecular weight is 268 g/mol. The zero-order valence-corrected chi connectivity index (χ0v) is 11.4. The van der Waals surface area contributed by atoms with E-state index in [1.54, 1.807) is 0 Å². The van der Waals surface area contributed by atoms with Crippen molar-refractivity contribution >= 4 is 23.2 Å². The van der Waals surface area contributed by atoms with Crippen molar-refractivity contribution in [1.29, 1.82) is 0 Å². The van der Waals surface area contributed by atoms with Crippen LogP contribution >= 0.6 is 11.3 Å². The number of thiazole rings is 1. The molecule has 1 aromatic heterocycles. The summed E-state index contributed by atoms with van der Waals surface area (Å²) in [5, 5.41) is 14.5. The van der Waals surface area contributed by atoms with Gasteiger partial charge in [0.2, 0.25) is 5.91 Å². The number of carbonyl (C=O) groups excluding carboxylic acids is 1. The number of rotatable bonds is 4. The second-order valence-corrected chi connectivity index (χ2v) is 6.16.